The summed E-state index contributed by atoms with van der Waals surface area (Å²) in [6.45, 7) is 0.360. The molecule has 5 heteroatoms. The number of sulfonamides is 1. The summed E-state index contributed by atoms with van der Waals surface area (Å²) in [5.74, 6) is 0.0205. The van der Waals surface area contributed by atoms with Gasteiger partial charge in [-0.15, -0.1) is 0 Å². The van der Waals surface area contributed by atoms with Gasteiger partial charge in [0.15, 0.2) is 0 Å². The third kappa shape index (κ3) is 3.05. The van der Waals surface area contributed by atoms with Crippen LogP contribution in [0.5, 0.6) is 0 Å². The highest BCUT2D eigenvalue weighted by atomic mass is 32.2. The van der Waals surface area contributed by atoms with Crippen LogP contribution in [0.1, 0.15) is 11.1 Å². The third-order valence-electron chi connectivity index (χ3n) is 3.73. The zero-order valence-corrected chi connectivity index (χ0v) is 13.2. The first kappa shape index (κ1) is 14.8. The van der Waals surface area contributed by atoms with Gasteiger partial charge in [-0.25, -0.2) is 12.7 Å². The minimum atomic E-state index is -3.34. The number of hydrogen-bond acceptors (Lipinski definition) is 2. The van der Waals surface area contributed by atoms with Crippen molar-refractivity contribution < 1.29 is 8.42 Å². The van der Waals surface area contributed by atoms with E-state index in [2.05, 4.69) is 4.98 Å². The molecule has 2 aromatic carbocycles. The van der Waals surface area contributed by atoms with Gasteiger partial charge in [0.05, 0.1) is 5.75 Å². The van der Waals surface area contributed by atoms with Crippen LogP contribution in [0.15, 0.2) is 60.8 Å². The maximum Gasteiger partial charge on any atom is 0.218 e. The minimum Gasteiger partial charge on any atom is -0.361 e. The normalized spacial score (nSPS) is 12.1. The predicted octanol–water partition coefficient (Wildman–Crippen LogP) is 3.13. The molecule has 0 radical (unpaired) electrons. The summed E-state index contributed by atoms with van der Waals surface area (Å²) in [7, 11) is -1.71. The van der Waals surface area contributed by atoms with Gasteiger partial charge >= 0.3 is 0 Å². The van der Waals surface area contributed by atoms with Crippen molar-refractivity contribution in [3.05, 3.63) is 71.9 Å². The fourth-order valence-electron chi connectivity index (χ4n) is 2.50. The number of nitrogens with zero attached hydrogens (tertiary/aromatic N) is 1. The van der Waals surface area contributed by atoms with Gasteiger partial charge < -0.3 is 4.98 Å². The van der Waals surface area contributed by atoms with Gasteiger partial charge in [-0.3, -0.25) is 0 Å². The molecule has 0 amide bonds. The molecule has 1 N–H and O–H groups in total. The highest BCUT2D eigenvalue weighted by Gasteiger charge is 2.19. The molecule has 0 atom stereocenters. The molecule has 0 aliphatic rings. The smallest absolute Gasteiger partial charge is 0.218 e. The van der Waals surface area contributed by atoms with Crippen LogP contribution in [0, 0.1) is 0 Å². The van der Waals surface area contributed by atoms with E-state index in [1.165, 1.54) is 4.31 Å². The fraction of sp³-hybridized carbons (Fsp3) is 0.176. The number of para-hydroxylation sites is 1. The number of rotatable bonds is 5. The zero-order chi connectivity index (χ0) is 15.6. The van der Waals surface area contributed by atoms with E-state index in [9.17, 15) is 8.42 Å². The maximum absolute atomic E-state index is 12.5. The lowest BCUT2D eigenvalue weighted by molar-refractivity contribution is 0.467. The highest BCUT2D eigenvalue weighted by Crippen LogP contribution is 2.20. The highest BCUT2D eigenvalue weighted by molar-refractivity contribution is 7.88. The van der Waals surface area contributed by atoms with Crippen molar-refractivity contribution in [1.29, 1.82) is 0 Å². The second kappa shape index (κ2) is 5.94. The van der Waals surface area contributed by atoms with Crippen LogP contribution in [0.3, 0.4) is 0 Å². The molecule has 1 heterocycles. The lowest BCUT2D eigenvalue weighted by atomic mass is 10.2. The average molecular weight is 314 g/mol. The molecule has 0 saturated heterocycles. The number of aromatic nitrogens is 1. The van der Waals surface area contributed by atoms with Crippen molar-refractivity contribution in [2.24, 2.45) is 0 Å². The quantitative estimate of drug-likeness (QED) is 0.786. The summed E-state index contributed by atoms with van der Waals surface area (Å²) in [5, 5.41) is 1.06. The van der Waals surface area contributed by atoms with Crippen molar-refractivity contribution in [3.63, 3.8) is 0 Å². The van der Waals surface area contributed by atoms with E-state index in [1.54, 1.807) is 7.05 Å². The van der Waals surface area contributed by atoms with Gasteiger partial charge in [-0.1, -0.05) is 48.5 Å². The lowest BCUT2D eigenvalue weighted by Gasteiger charge is -2.17. The minimum absolute atomic E-state index is 0.0205. The first-order chi connectivity index (χ1) is 10.6. The molecule has 114 valence electrons. The molecular formula is C17H18N2O2S. The predicted molar refractivity (Wildman–Crippen MR) is 88.8 cm³/mol. The monoisotopic (exact) mass is 314 g/mol. The van der Waals surface area contributed by atoms with Crippen LogP contribution < -0.4 is 0 Å². The van der Waals surface area contributed by atoms with Crippen LogP contribution in [-0.4, -0.2) is 24.8 Å². The summed E-state index contributed by atoms with van der Waals surface area (Å²) in [6, 6.07) is 17.1. The van der Waals surface area contributed by atoms with Gasteiger partial charge in [0.2, 0.25) is 10.0 Å². The number of hydrogen-bond donors (Lipinski definition) is 1. The number of nitrogens with one attached hydrogen (secondary N) is 1. The molecule has 0 fully saturated rings. The Morgan fingerprint density at radius 3 is 2.45 bits per heavy atom. The molecule has 0 aliphatic heterocycles. The molecule has 4 nitrogen and oxygen atoms in total. The Hall–Kier alpha value is -2.11. The molecule has 0 spiro atoms. The summed E-state index contributed by atoms with van der Waals surface area (Å²) in [5.41, 5.74) is 2.80. The zero-order valence-electron chi connectivity index (χ0n) is 12.4. The summed E-state index contributed by atoms with van der Waals surface area (Å²) in [6.07, 6.45) is 1.87. The number of aromatic amines is 1. The van der Waals surface area contributed by atoms with Gasteiger partial charge in [-0.2, -0.15) is 0 Å². The Labute approximate surface area is 130 Å². The largest absolute Gasteiger partial charge is 0.361 e. The van der Waals surface area contributed by atoms with Crippen molar-refractivity contribution in [2.75, 3.05) is 7.05 Å². The van der Waals surface area contributed by atoms with Crippen molar-refractivity contribution in [3.8, 4) is 0 Å². The van der Waals surface area contributed by atoms with Crippen LogP contribution >= 0.6 is 0 Å². The van der Waals surface area contributed by atoms with Gasteiger partial charge in [0.25, 0.3) is 0 Å². The van der Waals surface area contributed by atoms with Crippen molar-refractivity contribution in [1.82, 2.24) is 9.29 Å². The van der Waals surface area contributed by atoms with Gasteiger partial charge in [0.1, 0.15) is 0 Å². The molecular weight excluding hydrogens is 296 g/mol. The molecule has 0 bridgehead atoms. The van der Waals surface area contributed by atoms with Crippen LogP contribution in [0.4, 0.5) is 0 Å². The Balaban J connectivity index is 1.80. The second-order valence-corrected chi connectivity index (χ2v) is 7.43. The first-order valence-corrected chi connectivity index (χ1v) is 8.70. The fourth-order valence-corrected chi connectivity index (χ4v) is 3.67. The summed E-state index contributed by atoms with van der Waals surface area (Å²) < 4.78 is 26.4. The molecule has 0 unspecified atom stereocenters. The van der Waals surface area contributed by atoms with E-state index >= 15 is 0 Å². The van der Waals surface area contributed by atoms with E-state index in [4.69, 9.17) is 0 Å². The van der Waals surface area contributed by atoms with E-state index < -0.39 is 10.0 Å². The van der Waals surface area contributed by atoms with Crippen molar-refractivity contribution >= 4 is 20.9 Å². The number of benzene rings is 2. The van der Waals surface area contributed by atoms with Crippen LogP contribution in [0.2, 0.25) is 0 Å². The average Bonchev–Trinajstić information content (AvgIpc) is 2.91. The molecule has 22 heavy (non-hydrogen) atoms. The maximum atomic E-state index is 12.5. The van der Waals surface area contributed by atoms with Gasteiger partial charge in [0, 0.05) is 30.7 Å². The number of fused-ring (bicyclic) bond motifs is 1. The molecule has 3 rings (SSSR count). The Bertz CT molecular complexity index is 870. The molecule has 1 aromatic heterocycles. The topological polar surface area (TPSA) is 53.2 Å². The Morgan fingerprint density at radius 1 is 1.00 bits per heavy atom. The summed E-state index contributed by atoms with van der Waals surface area (Å²) in [4.78, 5) is 3.17. The first-order valence-electron chi connectivity index (χ1n) is 7.09. The number of H-pyrrole nitrogens is 1. The second-order valence-electron chi connectivity index (χ2n) is 5.36. The standard InChI is InChI=1S/C17H18N2O2S/c1-19(22(20,21)13-14-7-3-2-4-8-14)12-15-11-18-17-10-6-5-9-16(15)17/h2-11,18H,12-13H2,1H3. The molecule has 0 saturated carbocycles. The summed E-state index contributed by atoms with van der Waals surface area (Å²) >= 11 is 0. The third-order valence-corrected chi connectivity index (χ3v) is 5.51. The molecule has 0 aliphatic carbocycles. The van der Waals surface area contributed by atoms with Crippen molar-refractivity contribution in [2.45, 2.75) is 12.3 Å². The SMILES string of the molecule is CN(Cc1c[nH]c2ccccc12)S(=O)(=O)Cc1ccccc1. The van der Waals surface area contributed by atoms with E-state index in [0.717, 1.165) is 22.0 Å². The Kier molecular flexibility index (Phi) is 4.00. The van der Waals surface area contributed by atoms with Crippen LogP contribution in [-0.2, 0) is 22.3 Å². The van der Waals surface area contributed by atoms with Crippen LogP contribution in [0.25, 0.3) is 10.9 Å². The van der Waals surface area contributed by atoms with Gasteiger partial charge in [-0.05, 0) is 17.2 Å². The Morgan fingerprint density at radius 2 is 1.68 bits per heavy atom. The van der Waals surface area contributed by atoms with E-state index in [0.29, 0.717) is 6.54 Å². The van der Waals surface area contributed by atoms with E-state index in [1.807, 2.05) is 60.8 Å². The molecule has 3 aromatic rings. The lowest BCUT2D eigenvalue weighted by Crippen LogP contribution is -2.27. The van der Waals surface area contributed by atoms with E-state index in [-0.39, 0.29) is 5.75 Å².